The number of hydrogen-bond acceptors (Lipinski definition) is 5. The van der Waals surface area contributed by atoms with Crippen molar-refractivity contribution in [1.29, 1.82) is 0 Å². The van der Waals surface area contributed by atoms with Crippen LogP contribution in [0.15, 0.2) is 34.9 Å². The first-order valence-corrected chi connectivity index (χ1v) is 9.97. The van der Waals surface area contributed by atoms with Crippen molar-refractivity contribution >= 4 is 9.84 Å². The molecule has 1 aromatic carbocycles. The van der Waals surface area contributed by atoms with Crippen LogP contribution in [0.1, 0.15) is 61.7 Å². The van der Waals surface area contributed by atoms with E-state index in [0.29, 0.717) is 11.8 Å². The molecule has 0 N–H and O–H groups in total. The molecule has 1 fully saturated rings. The van der Waals surface area contributed by atoms with Gasteiger partial charge in [-0.1, -0.05) is 42.4 Å². The Bertz CT molecular complexity index is 732. The van der Waals surface area contributed by atoms with Crippen molar-refractivity contribution in [2.24, 2.45) is 0 Å². The third-order valence-corrected chi connectivity index (χ3v) is 6.20. The van der Waals surface area contributed by atoms with E-state index in [4.69, 9.17) is 4.52 Å². The molecule has 2 aromatic rings. The summed E-state index contributed by atoms with van der Waals surface area (Å²) in [6.07, 6.45) is 4.20. The van der Waals surface area contributed by atoms with Crippen molar-refractivity contribution < 1.29 is 12.9 Å². The largest absolute Gasteiger partial charge is 0.339 e. The van der Waals surface area contributed by atoms with Gasteiger partial charge in [0.2, 0.25) is 5.89 Å². The van der Waals surface area contributed by atoms with Crippen LogP contribution in [0.3, 0.4) is 0 Å². The predicted molar refractivity (Wildman–Crippen MR) is 87.9 cm³/mol. The molecule has 5 nitrogen and oxygen atoms in total. The van der Waals surface area contributed by atoms with Crippen molar-refractivity contribution in [2.45, 2.75) is 50.2 Å². The number of sulfone groups is 1. The van der Waals surface area contributed by atoms with Crippen LogP contribution in [0.5, 0.6) is 0 Å². The molecule has 1 saturated carbocycles. The second-order valence-corrected chi connectivity index (χ2v) is 8.54. The quantitative estimate of drug-likeness (QED) is 0.837. The lowest BCUT2D eigenvalue weighted by molar-refractivity contribution is 0.299. The van der Waals surface area contributed by atoms with Gasteiger partial charge < -0.3 is 4.52 Å². The van der Waals surface area contributed by atoms with E-state index in [-0.39, 0.29) is 23.2 Å². The monoisotopic (exact) mass is 334 g/mol. The molecule has 1 aliphatic rings. The van der Waals surface area contributed by atoms with E-state index in [2.05, 4.69) is 34.4 Å². The van der Waals surface area contributed by atoms with Gasteiger partial charge in [0.25, 0.3) is 0 Å². The number of nitrogens with zero attached hydrogens (tertiary/aromatic N) is 2. The Balaban J connectivity index is 1.61. The Hall–Kier alpha value is -1.69. The van der Waals surface area contributed by atoms with Gasteiger partial charge in [-0.2, -0.15) is 4.98 Å². The van der Waals surface area contributed by atoms with Gasteiger partial charge in [-0.3, -0.25) is 0 Å². The van der Waals surface area contributed by atoms with Gasteiger partial charge in [0.15, 0.2) is 15.7 Å². The zero-order chi connectivity index (χ0) is 16.3. The summed E-state index contributed by atoms with van der Waals surface area (Å²) < 4.78 is 28.6. The smallest absolute Gasteiger partial charge is 0.229 e. The van der Waals surface area contributed by atoms with E-state index in [0.717, 1.165) is 25.7 Å². The maximum Gasteiger partial charge on any atom is 0.229 e. The Labute approximate surface area is 137 Å². The topological polar surface area (TPSA) is 73.1 Å². The fraction of sp³-hybridized carbons (Fsp3) is 0.529. The van der Waals surface area contributed by atoms with E-state index < -0.39 is 9.84 Å². The predicted octanol–water partition coefficient (Wildman–Crippen LogP) is 3.45. The molecule has 0 unspecified atom stereocenters. The number of rotatable bonds is 5. The number of aromatic nitrogens is 2. The minimum Gasteiger partial charge on any atom is -0.339 e. The molecule has 0 bridgehead atoms. The Morgan fingerprint density at radius 3 is 2.39 bits per heavy atom. The van der Waals surface area contributed by atoms with E-state index in [1.54, 1.807) is 6.92 Å². The van der Waals surface area contributed by atoms with Gasteiger partial charge in [-0.05, 0) is 37.2 Å². The highest BCUT2D eigenvalue weighted by Gasteiger charge is 2.27. The summed E-state index contributed by atoms with van der Waals surface area (Å²) in [7, 11) is -3.12. The highest BCUT2D eigenvalue weighted by atomic mass is 32.2. The van der Waals surface area contributed by atoms with E-state index in [1.807, 2.05) is 6.07 Å². The van der Waals surface area contributed by atoms with Crippen molar-refractivity contribution in [3.05, 3.63) is 47.6 Å². The molecule has 6 heteroatoms. The average Bonchev–Trinajstić information content (AvgIpc) is 3.03. The lowest BCUT2D eigenvalue weighted by Gasteiger charge is -2.26. The fourth-order valence-electron chi connectivity index (χ4n) is 3.19. The average molecular weight is 334 g/mol. The summed E-state index contributed by atoms with van der Waals surface area (Å²) in [6, 6.07) is 10.6. The summed E-state index contributed by atoms with van der Waals surface area (Å²) in [5.74, 6) is 1.69. The van der Waals surface area contributed by atoms with Gasteiger partial charge >= 0.3 is 0 Å². The summed E-state index contributed by atoms with van der Waals surface area (Å²) in [6.45, 7) is 1.63. The molecule has 1 heterocycles. The van der Waals surface area contributed by atoms with Crippen LogP contribution in [0.2, 0.25) is 0 Å². The summed E-state index contributed by atoms with van der Waals surface area (Å²) in [5.41, 5.74) is 1.39. The first kappa shape index (κ1) is 16.2. The Kier molecular flexibility index (Phi) is 4.80. The fourth-order valence-corrected chi connectivity index (χ4v) is 3.90. The van der Waals surface area contributed by atoms with Crippen molar-refractivity contribution in [2.75, 3.05) is 5.75 Å². The molecule has 0 spiro atoms. The molecular formula is C17H22N2O3S. The molecule has 1 aromatic heterocycles. The van der Waals surface area contributed by atoms with E-state index >= 15 is 0 Å². The molecular weight excluding hydrogens is 312 g/mol. The molecule has 0 saturated heterocycles. The van der Waals surface area contributed by atoms with Crippen molar-refractivity contribution in [3.63, 3.8) is 0 Å². The summed E-state index contributed by atoms with van der Waals surface area (Å²) >= 11 is 0. The van der Waals surface area contributed by atoms with Crippen LogP contribution in [-0.2, 0) is 15.6 Å². The lowest BCUT2D eigenvalue weighted by atomic mass is 9.79. The van der Waals surface area contributed by atoms with Crippen molar-refractivity contribution in [3.8, 4) is 0 Å². The second kappa shape index (κ2) is 6.83. The van der Waals surface area contributed by atoms with Gasteiger partial charge in [0.05, 0.1) is 0 Å². The second-order valence-electron chi connectivity index (χ2n) is 6.18. The first-order chi connectivity index (χ1) is 11.1. The molecule has 3 rings (SSSR count). The van der Waals surface area contributed by atoms with Crippen LogP contribution in [0, 0.1) is 0 Å². The van der Waals surface area contributed by atoms with Crippen LogP contribution < -0.4 is 0 Å². The Morgan fingerprint density at radius 1 is 1.09 bits per heavy atom. The van der Waals surface area contributed by atoms with E-state index in [1.165, 1.54) is 5.56 Å². The van der Waals surface area contributed by atoms with Crippen LogP contribution in [0.25, 0.3) is 0 Å². The zero-order valence-electron chi connectivity index (χ0n) is 13.3. The summed E-state index contributed by atoms with van der Waals surface area (Å²) in [4.78, 5) is 4.31. The highest BCUT2D eigenvalue weighted by Crippen LogP contribution is 2.39. The van der Waals surface area contributed by atoms with Crippen LogP contribution in [-0.4, -0.2) is 24.3 Å². The molecule has 1 aliphatic carbocycles. The Morgan fingerprint density at radius 2 is 1.74 bits per heavy atom. The minimum absolute atomic E-state index is 0.0963. The maximum atomic E-state index is 11.6. The molecule has 0 atom stereocenters. The zero-order valence-corrected chi connectivity index (χ0v) is 14.1. The van der Waals surface area contributed by atoms with Gasteiger partial charge in [0, 0.05) is 11.7 Å². The molecule has 124 valence electrons. The molecule has 0 radical (unpaired) electrons. The molecule has 0 aliphatic heterocycles. The maximum absolute atomic E-state index is 11.6. The number of benzene rings is 1. The lowest BCUT2D eigenvalue weighted by Crippen LogP contribution is -2.12. The third kappa shape index (κ3) is 3.99. The van der Waals surface area contributed by atoms with Crippen LogP contribution >= 0.6 is 0 Å². The van der Waals surface area contributed by atoms with Gasteiger partial charge in [-0.15, -0.1) is 0 Å². The first-order valence-electron chi connectivity index (χ1n) is 8.15. The van der Waals surface area contributed by atoms with Crippen molar-refractivity contribution in [1.82, 2.24) is 10.1 Å². The van der Waals surface area contributed by atoms with Gasteiger partial charge in [-0.25, -0.2) is 8.42 Å². The molecule has 0 amide bonds. The standard InChI is InChI=1S/C17H22N2O3S/c1-2-23(20,21)12-16-18-17(22-19-16)15-10-8-14(9-11-15)13-6-4-3-5-7-13/h3-7,14-15H,2,8-12H2,1H3. The number of hydrogen-bond donors (Lipinski definition) is 0. The van der Waals surface area contributed by atoms with Gasteiger partial charge in [0.1, 0.15) is 5.75 Å². The SMILES string of the molecule is CCS(=O)(=O)Cc1noc(C2CCC(c3ccccc3)CC2)n1. The van der Waals surface area contributed by atoms with E-state index in [9.17, 15) is 8.42 Å². The van der Waals surface area contributed by atoms with Crippen LogP contribution in [0.4, 0.5) is 0 Å². The summed E-state index contributed by atoms with van der Waals surface area (Å²) in [5, 5.41) is 3.84. The molecule has 23 heavy (non-hydrogen) atoms. The highest BCUT2D eigenvalue weighted by molar-refractivity contribution is 7.90. The third-order valence-electron chi connectivity index (χ3n) is 4.62. The normalized spacial score (nSPS) is 22.1. The minimum atomic E-state index is -3.12.